The molecule has 0 saturated heterocycles. The van der Waals surface area contributed by atoms with Crippen molar-refractivity contribution >= 4 is 17.7 Å². The molecule has 2 aromatic carbocycles. The summed E-state index contributed by atoms with van der Waals surface area (Å²) in [7, 11) is 4.57. The summed E-state index contributed by atoms with van der Waals surface area (Å²) in [4.78, 5) is 12.0. The van der Waals surface area contributed by atoms with Gasteiger partial charge in [0.15, 0.2) is 11.5 Å². The van der Waals surface area contributed by atoms with Gasteiger partial charge in [0.2, 0.25) is 5.91 Å². The van der Waals surface area contributed by atoms with Gasteiger partial charge in [-0.25, -0.2) is 4.39 Å². The summed E-state index contributed by atoms with van der Waals surface area (Å²) in [6.07, 6.45) is 2.92. The van der Waals surface area contributed by atoms with Crippen molar-refractivity contribution in [1.29, 1.82) is 0 Å². The van der Waals surface area contributed by atoms with Crippen LogP contribution in [0.4, 0.5) is 10.1 Å². The number of nitrogens with one attached hydrogen (secondary N) is 1. The summed E-state index contributed by atoms with van der Waals surface area (Å²) in [6.45, 7) is 1.66. The summed E-state index contributed by atoms with van der Waals surface area (Å²) in [6, 6.07) is 7.89. The minimum atomic E-state index is -0.389. The lowest BCUT2D eigenvalue weighted by atomic mass is 10.1. The van der Waals surface area contributed by atoms with Crippen molar-refractivity contribution in [2.75, 3.05) is 26.6 Å². The van der Waals surface area contributed by atoms with Crippen molar-refractivity contribution in [3.8, 4) is 17.2 Å². The number of rotatable bonds is 6. The smallest absolute Gasteiger partial charge is 0.248 e. The van der Waals surface area contributed by atoms with E-state index in [1.54, 1.807) is 37.3 Å². The van der Waals surface area contributed by atoms with Gasteiger partial charge in [-0.15, -0.1) is 0 Å². The van der Waals surface area contributed by atoms with E-state index >= 15 is 0 Å². The second-order valence-corrected chi connectivity index (χ2v) is 5.24. The summed E-state index contributed by atoms with van der Waals surface area (Å²) in [5, 5.41) is 2.61. The van der Waals surface area contributed by atoms with Crippen molar-refractivity contribution in [2.24, 2.45) is 0 Å². The Kier molecular flexibility index (Phi) is 6.00. The molecule has 5 nitrogen and oxygen atoms in total. The van der Waals surface area contributed by atoms with E-state index < -0.39 is 0 Å². The highest BCUT2D eigenvalue weighted by Gasteiger charge is 2.10. The molecule has 0 spiro atoms. The predicted octanol–water partition coefficient (Wildman–Crippen LogP) is 3.81. The zero-order valence-corrected chi connectivity index (χ0v) is 14.6. The van der Waals surface area contributed by atoms with E-state index in [1.807, 2.05) is 0 Å². The highest BCUT2D eigenvalue weighted by Crippen LogP contribution is 2.35. The van der Waals surface area contributed by atoms with Gasteiger partial charge >= 0.3 is 0 Å². The fourth-order valence-electron chi connectivity index (χ4n) is 2.20. The molecule has 0 unspecified atom stereocenters. The third-order valence-corrected chi connectivity index (χ3v) is 3.59. The first-order valence-corrected chi connectivity index (χ1v) is 7.53. The quantitative estimate of drug-likeness (QED) is 0.809. The lowest BCUT2D eigenvalue weighted by Crippen LogP contribution is -2.08. The number of hydrogen-bond donors (Lipinski definition) is 1. The summed E-state index contributed by atoms with van der Waals surface area (Å²) in [5.74, 6) is 0.812. The number of carbonyl (C=O) groups excluding carboxylic acids is 1. The van der Waals surface area contributed by atoms with Gasteiger partial charge in [0, 0.05) is 23.4 Å². The van der Waals surface area contributed by atoms with Gasteiger partial charge in [-0.1, -0.05) is 6.07 Å². The van der Waals surface area contributed by atoms with Gasteiger partial charge in [0.25, 0.3) is 0 Å². The Hall–Kier alpha value is -3.02. The third kappa shape index (κ3) is 4.50. The molecular formula is C19H20FNO4. The van der Waals surface area contributed by atoms with E-state index in [0.717, 1.165) is 0 Å². The van der Waals surface area contributed by atoms with Crippen LogP contribution in [0.5, 0.6) is 17.2 Å². The van der Waals surface area contributed by atoms with Gasteiger partial charge in [-0.05, 0) is 36.8 Å². The van der Waals surface area contributed by atoms with Gasteiger partial charge in [-0.2, -0.15) is 0 Å². The fourth-order valence-corrected chi connectivity index (χ4v) is 2.20. The normalized spacial score (nSPS) is 10.6. The number of ether oxygens (including phenoxy) is 3. The summed E-state index contributed by atoms with van der Waals surface area (Å²) in [5.41, 5.74) is 1.55. The van der Waals surface area contributed by atoms with Crippen LogP contribution in [0.3, 0.4) is 0 Å². The Bertz CT molecular complexity index is 802. The molecule has 0 radical (unpaired) electrons. The zero-order chi connectivity index (χ0) is 18.4. The van der Waals surface area contributed by atoms with Crippen molar-refractivity contribution in [2.45, 2.75) is 6.92 Å². The van der Waals surface area contributed by atoms with Crippen LogP contribution in [-0.4, -0.2) is 27.2 Å². The first kappa shape index (κ1) is 18.3. The molecule has 0 saturated carbocycles. The Morgan fingerprint density at radius 2 is 1.64 bits per heavy atom. The Labute approximate surface area is 146 Å². The van der Waals surface area contributed by atoms with E-state index in [2.05, 4.69) is 5.32 Å². The molecule has 0 atom stereocenters. The van der Waals surface area contributed by atoms with Crippen LogP contribution in [0.1, 0.15) is 11.1 Å². The minimum absolute atomic E-state index is 0.372. The Morgan fingerprint density at radius 1 is 1.00 bits per heavy atom. The van der Waals surface area contributed by atoms with Crippen LogP contribution in [0.2, 0.25) is 0 Å². The maximum Gasteiger partial charge on any atom is 0.248 e. The molecule has 0 bridgehead atoms. The Morgan fingerprint density at radius 3 is 2.24 bits per heavy atom. The molecule has 2 rings (SSSR count). The predicted molar refractivity (Wildman–Crippen MR) is 94.9 cm³/mol. The zero-order valence-electron chi connectivity index (χ0n) is 14.6. The average Bonchev–Trinajstić information content (AvgIpc) is 2.62. The molecule has 1 amide bonds. The van der Waals surface area contributed by atoms with E-state index in [1.165, 1.54) is 33.5 Å². The summed E-state index contributed by atoms with van der Waals surface area (Å²) >= 11 is 0. The van der Waals surface area contributed by atoms with Crippen LogP contribution in [-0.2, 0) is 4.79 Å². The standard InChI is InChI=1S/C19H20FNO4/c1-12-5-7-14(10-15(12)20)21-19(22)8-6-13-9-17(24-3)18(25-4)11-16(13)23-2/h5-11H,1-4H3,(H,21,22)/b8-6+. The highest BCUT2D eigenvalue weighted by molar-refractivity contribution is 6.02. The summed E-state index contributed by atoms with van der Waals surface area (Å²) < 4.78 is 29.3. The second-order valence-electron chi connectivity index (χ2n) is 5.24. The minimum Gasteiger partial charge on any atom is -0.496 e. The van der Waals surface area contributed by atoms with Crippen LogP contribution in [0.15, 0.2) is 36.4 Å². The van der Waals surface area contributed by atoms with Crippen molar-refractivity contribution in [1.82, 2.24) is 0 Å². The molecule has 2 aromatic rings. The maximum atomic E-state index is 13.5. The van der Waals surface area contributed by atoms with Gasteiger partial charge < -0.3 is 19.5 Å². The van der Waals surface area contributed by atoms with E-state index in [9.17, 15) is 9.18 Å². The largest absolute Gasteiger partial charge is 0.496 e. The molecule has 25 heavy (non-hydrogen) atoms. The molecule has 0 heterocycles. The highest BCUT2D eigenvalue weighted by atomic mass is 19.1. The van der Waals surface area contributed by atoms with E-state index in [-0.39, 0.29) is 11.7 Å². The van der Waals surface area contributed by atoms with Crippen molar-refractivity contribution < 1.29 is 23.4 Å². The van der Waals surface area contributed by atoms with Crippen LogP contribution in [0.25, 0.3) is 6.08 Å². The first-order chi connectivity index (χ1) is 12.0. The molecule has 0 aliphatic rings. The first-order valence-electron chi connectivity index (χ1n) is 7.53. The molecule has 6 heteroatoms. The Balaban J connectivity index is 2.19. The number of amides is 1. The monoisotopic (exact) mass is 345 g/mol. The van der Waals surface area contributed by atoms with Gasteiger partial charge in [0.1, 0.15) is 11.6 Å². The van der Waals surface area contributed by atoms with Crippen LogP contribution < -0.4 is 19.5 Å². The number of aryl methyl sites for hydroxylation is 1. The lowest BCUT2D eigenvalue weighted by Gasteiger charge is -2.12. The van der Waals surface area contributed by atoms with Crippen molar-refractivity contribution in [3.05, 3.63) is 53.4 Å². The average molecular weight is 345 g/mol. The van der Waals surface area contributed by atoms with Gasteiger partial charge in [0.05, 0.1) is 21.3 Å². The molecular weight excluding hydrogens is 325 g/mol. The van der Waals surface area contributed by atoms with E-state index in [4.69, 9.17) is 14.2 Å². The fraction of sp³-hybridized carbons (Fsp3) is 0.211. The number of benzene rings is 2. The number of methoxy groups -OCH3 is 3. The van der Waals surface area contributed by atoms with Crippen LogP contribution >= 0.6 is 0 Å². The second kappa shape index (κ2) is 8.19. The topological polar surface area (TPSA) is 56.8 Å². The van der Waals surface area contributed by atoms with Gasteiger partial charge in [-0.3, -0.25) is 4.79 Å². The molecule has 132 valence electrons. The number of halogens is 1. The third-order valence-electron chi connectivity index (χ3n) is 3.59. The number of carbonyl (C=O) groups is 1. The number of anilines is 1. The molecule has 0 fully saturated rings. The molecule has 0 aromatic heterocycles. The number of hydrogen-bond acceptors (Lipinski definition) is 4. The lowest BCUT2D eigenvalue weighted by molar-refractivity contribution is -0.111. The van der Waals surface area contributed by atoms with Crippen LogP contribution in [0, 0.1) is 12.7 Å². The van der Waals surface area contributed by atoms with E-state index in [0.29, 0.717) is 34.1 Å². The molecule has 0 aliphatic carbocycles. The maximum absolute atomic E-state index is 13.5. The van der Waals surface area contributed by atoms with Crippen molar-refractivity contribution in [3.63, 3.8) is 0 Å². The SMILES string of the molecule is COc1cc(OC)c(OC)cc1/C=C/C(=O)Nc1ccc(C)c(F)c1. The molecule has 0 aliphatic heterocycles. The molecule has 1 N–H and O–H groups in total.